The molecule has 0 aliphatic rings. The lowest BCUT2D eigenvalue weighted by Gasteiger charge is -2.10. The van der Waals surface area contributed by atoms with Crippen molar-refractivity contribution >= 4 is 32.8 Å². The summed E-state index contributed by atoms with van der Waals surface area (Å²) in [6.07, 6.45) is 1.58. The van der Waals surface area contributed by atoms with Gasteiger partial charge in [0.2, 0.25) is 0 Å². The van der Waals surface area contributed by atoms with Crippen molar-refractivity contribution < 1.29 is 13.9 Å². The Morgan fingerprint density at radius 1 is 1.04 bits per heavy atom. The molecule has 0 fully saturated rings. The molecule has 128 valence electrons. The van der Waals surface area contributed by atoms with Gasteiger partial charge in [-0.3, -0.25) is 0 Å². The van der Waals surface area contributed by atoms with Crippen LogP contribution in [0.15, 0.2) is 81.9 Å². The van der Waals surface area contributed by atoms with Crippen molar-refractivity contribution in [3.8, 4) is 11.5 Å². The lowest BCUT2D eigenvalue weighted by atomic mass is 10.1. The van der Waals surface area contributed by atoms with E-state index in [9.17, 15) is 4.79 Å². The second-order valence-corrected chi connectivity index (χ2v) is 6.57. The highest BCUT2D eigenvalue weighted by Gasteiger charge is 2.16. The van der Waals surface area contributed by atoms with Gasteiger partial charge in [-0.2, -0.15) is 0 Å². The minimum absolute atomic E-state index is 0.187. The standard InChI is InChI=1S/C21H14BrNO3/c22-17-8-3-1-6-14(17)13-26-21(24)16-12-19(20-10-5-11-25-20)23-18-9-4-2-7-15(16)18/h1-12H,13H2. The number of fused-ring (bicyclic) bond motifs is 1. The molecule has 26 heavy (non-hydrogen) atoms. The molecule has 0 saturated carbocycles. The van der Waals surface area contributed by atoms with Crippen LogP contribution in [0.2, 0.25) is 0 Å². The number of carbonyl (C=O) groups is 1. The van der Waals surface area contributed by atoms with E-state index in [2.05, 4.69) is 20.9 Å². The Bertz CT molecular complexity index is 1070. The van der Waals surface area contributed by atoms with Gasteiger partial charge in [-0.05, 0) is 30.3 Å². The van der Waals surface area contributed by atoms with Crippen LogP contribution in [0, 0.1) is 0 Å². The molecule has 2 aromatic carbocycles. The maximum absolute atomic E-state index is 12.8. The summed E-state index contributed by atoms with van der Waals surface area (Å²) in [5.74, 6) is 0.211. The van der Waals surface area contributed by atoms with Crippen LogP contribution >= 0.6 is 15.9 Å². The van der Waals surface area contributed by atoms with Gasteiger partial charge in [-0.1, -0.05) is 52.3 Å². The number of nitrogens with zero attached hydrogens (tertiary/aromatic N) is 1. The van der Waals surface area contributed by atoms with Gasteiger partial charge in [0.05, 0.1) is 17.3 Å². The van der Waals surface area contributed by atoms with Gasteiger partial charge < -0.3 is 9.15 Å². The third-order valence-corrected chi connectivity index (χ3v) is 4.80. The van der Waals surface area contributed by atoms with Crippen molar-refractivity contribution in [1.82, 2.24) is 4.98 Å². The first-order chi connectivity index (χ1) is 12.7. The number of pyridine rings is 1. The van der Waals surface area contributed by atoms with Crippen LogP contribution in [0.4, 0.5) is 0 Å². The van der Waals surface area contributed by atoms with Gasteiger partial charge >= 0.3 is 5.97 Å². The number of hydrogen-bond acceptors (Lipinski definition) is 4. The van der Waals surface area contributed by atoms with Crippen LogP contribution in [0.1, 0.15) is 15.9 Å². The van der Waals surface area contributed by atoms with Crippen molar-refractivity contribution in [3.63, 3.8) is 0 Å². The molecule has 2 heterocycles. The molecule has 0 saturated heterocycles. The van der Waals surface area contributed by atoms with Gasteiger partial charge in [0.25, 0.3) is 0 Å². The molecule has 5 heteroatoms. The number of hydrogen-bond donors (Lipinski definition) is 0. The molecule has 0 bridgehead atoms. The van der Waals surface area contributed by atoms with E-state index in [1.807, 2.05) is 54.6 Å². The fourth-order valence-electron chi connectivity index (χ4n) is 2.73. The highest BCUT2D eigenvalue weighted by atomic mass is 79.9. The predicted molar refractivity (Wildman–Crippen MR) is 103 cm³/mol. The Balaban J connectivity index is 1.70. The molecule has 0 unspecified atom stereocenters. The summed E-state index contributed by atoms with van der Waals surface area (Å²) >= 11 is 3.47. The van der Waals surface area contributed by atoms with E-state index in [1.54, 1.807) is 18.4 Å². The first-order valence-electron chi connectivity index (χ1n) is 8.06. The Morgan fingerprint density at radius 2 is 1.85 bits per heavy atom. The van der Waals surface area contributed by atoms with Gasteiger partial charge in [0, 0.05) is 15.4 Å². The van der Waals surface area contributed by atoms with Gasteiger partial charge in [0.1, 0.15) is 12.3 Å². The van der Waals surface area contributed by atoms with Gasteiger partial charge in [-0.25, -0.2) is 9.78 Å². The van der Waals surface area contributed by atoms with E-state index in [0.29, 0.717) is 22.5 Å². The zero-order valence-corrected chi connectivity index (χ0v) is 15.3. The number of benzene rings is 2. The predicted octanol–water partition coefficient (Wildman–Crippen LogP) is 5.61. The van der Waals surface area contributed by atoms with E-state index in [1.165, 1.54) is 0 Å². The third-order valence-electron chi connectivity index (χ3n) is 4.03. The van der Waals surface area contributed by atoms with Crippen LogP contribution in [-0.2, 0) is 11.3 Å². The van der Waals surface area contributed by atoms with E-state index in [0.717, 1.165) is 15.4 Å². The average molecular weight is 408 g/mol. The van der Waals surface area contributed by atoms with E-state index in [4.69, 9.17) is 9.15 Å². The van der Waals surface area contributed by atoms with Crippen LogP contribution in [-0.4, -0.2) is 11.0 Å². The van der Waals surface area contributed by atoms with Crippen molar-refractivity contribution in [2.45, 2.75) is 6.61 Å². The zero-order valence-electron chi connectivity index (χ0n) is 13.7. The first-order valence-corrected chi connectivity index (χ1v) is 8.86. The zero-order chi connectivity index (χ0) is 17.9. The highest BCUT2D eigenvalue weighted by molar-refractivity contribution is 9.10. The third kappa shape index (κ3) is 3.26. The number of halogens is 1. The summed E-state index contributed by atoms with van der Waals surface area (Å²) in [5.41, 5.74) is 2.69. The Labute approximate surface area is 158 Å². The number of aromatic nitrogens is 1. The van der Waals surface area contributed by atoms with Crippen LogP contribution in [0.3, 0.4) is 0 Å². The fourth-order valence-corrected chi connectivity index (χ4v) is 3.13. The SMILES string of the molecule is O=C(OCc1ccccc1Br)c1cc(-c2ccco2)nc2ccccc12. The van der Waals surface area contributed by atoms with Gasteiger partial charge in [0.15, 0.2) is 5.76 Å². The van der Waals surface area contributed by atoms with E-state index < -0.39 is 5.97 Å². The second-order valence-electron chi connectivity index (χ2n) is 5.72. The summed E-state index contributed by atoms with van der Waals surface area (Å²) in [6.45, 7) is 0.187. The first kappa shape index (κ1) is 16.5. The molecule has 0 aliphatic carbocycles. The fraction of sp³-hybridized carbons (Fsp3) is 0.0476. The summed E-state index contributed by atoms with van der Waals surface area (Å²) < 4.78 is 11.9. The second kappa shape index (κ2) is 7.14. The Kier molecular flexibility index (Phi) is 4.54. The summed E-state index contributed by atoms with van der Waals surface area (Å²) in [4.78, 5) is 17.4. The summed E-state index contributed by atoms with van der Waals surface area (Å²) in [7, 11) is 0. The largest absolute Gasteiger partial charge is 0.463 e. The van der Waals surface area contributed by atoms with Crippen molar-refractivity contribution in [1.29, 1.82) is 0 Å². The van der Waals surface area contributed by atoms with Crippen molar-refractivity contribution in [2.75, 3.05) is 0 Å². The Morgan fingerprint density at radius 3 is 2.65 bits per heavy atom. The number of esters is 1. The maximum atomic E-state index is 12.8. The molecule has 0 amide bonds. The number of para-hydroxylation sites is 1. The molecule has 0 aliphatic heterocycles. The summed E-state index contributed by atoms with van der Waals surface area (Å²) in [5, 5.41) is 0.750. The normalized spacial score (nSPS) is 10.8. The monoisotopic (exact) mass is 407 g/mol. The molecule has 0 radical (unpaired) electrons. The Hall–Kier alpha value is -2.92. The van der Waals surface area contributed by atoms with Crippen molar-refractivity contribution in [2.24, 2.45) is 0 Å². The quantitative estimate of drug-likeness (QED) is 0.412. The average Bonchev–Trinajstić information content (AvgIpc) is 3.21. The number of furan rings is 1. The lowest BCUT2D eigenvalue weighted by molar-refractivity contribution is 0.0474. The summed E-state index contributed by atoms with van der Waals surface area (Å²) in [6, 6.07) is 20.5. The van der Waals surface area contributed by atoms with Crippen molar-refractivity contribution in [3.05, 3.63) is 88.6 Å². The van der Waals surface area contributed by atoms with Gasteiger partial charge in [-0.15, -0.1) is 0 Å². The van der Waals surface area contributed by atoms with Crippen LogP contribution in [0.5, 0.6) is 0 Å². The topological polar surface area (TPSA) is 52.3 Å². The number of carbonyl (C=O) groups excluding carboxylic acids is 1. The smallest absolute Gasteiger partial charge is 0.339 e. The number of ether oxygens (including phenoxy) is 1. The molecule has 0 spiro atoms. The molecule has 4 aromatic rings. The molecule has 4 nitrogen and oxygen atoms in total. The van der Waals surface area contributed by atoms with E-state index in [-0.39, 0.29) is 6.61 Å². The van der Waals surface area contributed by atoms with Crippen LogP contribution < -0.4 is 0 Å². The maximum Gasteiger partial charge on any atom is 0.339 e. The lowest BCUT2D eigenvalue weighted by Crippen LogP contribution is -2.07. The molecule has 2 aromatic heterocycles. The highest BCUT2D eigenvalue weighted by Crippen LogP contribution is 2.26. The van der Waals surface area contributed by atoms with E-state index >= 15 is 0 Å². The molecule has 0 N–H and O–H groups in total. The minimum Gasteiger partial charge on any atom is -0.463 e. The molecule has 4 rings (SSSR count). The number of rotatable bonds is 4. The minimum atomic E-state index is -0.396. The van der Waals surface area contributed by atoms with Crippen LogP contribution in [0.25, 0.3) is 22.4 Å². The molecule has 0 atom stereocenters. The molecular formula is C21H14BrNO3. The molecular weight excluding hydrogens is 394 g/mol.